The highest BCUT2D eigenvalue weighted by atomic mass is 79.9. The molecule has 1 aromatic carbocycles. The predicted molar refractivity (Wildman–Crippen MR) is 86.7 cm³/mol. The molecule has 1 amide bonds. The van der Waals surface area contributed by atoms with E-state index in [0.29, 0.717) is 22.6 Å². The van der Waals surface area contributed by atoms with Crippen molar-refractivity contribution in [3.05, 3.63) is 58.3 Å². The molecule has 0 saturated carbocycles. The number of nitrogens with zero attached hydrogens (tertiary/aromatic N) is 1. The van der Waals surface area contributed by atoms with E-state index in [2.05, 4.69) is 26.2 Å². The van der Waals surface area contributed by atoms with E-state index in [1.165, 1.54) is 0 Å². The first-order valence-corrected chi connectivity index (χ1v) is 7.56. The van der Waals surface area contributed by atoms with Gasteiger partial charge in [-0.05, 0) is 52.7 Å². The van der Waals surface area contributed by atoms with Crippen LogP contribution < -0.4 is 5.32 Å². The first-order valence-electron chi connectivity index (χ1n) is 6.77. The molecule has 0 atom stereocenters. The van der Waals surface area contributed by atoms with Gasteiger partial charge in [0.1, 0.15) is 10.3 Å². The Kier molecular flexibility index (Phi) is 5.66. The predicted octanol–water partition coefficient (Wildman–Crippen LogP) is 3.20. The molecule has 0 saturated heterocycles. The highest BCUT2D eigenvalue weighted by molar-refractivity contribution is 9.10. The maximum Gasteiger partial charge on any atom is 0.310 e. The van der Waals surface area contributed by atoms with E-state index in [1.807, 2.05) is 6.07 Å². The molecule has 2 aromatic rings. The highest BCUT2D eigenvalue weighted by Crippen LogP contribution is 2.14. The topological polar surface area (TPSA) is 68.3 Å². The van der Waals surface area contributed by atoms with Gasteiger partial charge in [-0.2, -0.15) is 0 Å². The van der Waals surface area contributed by atoms with Crippen molar-refractivity contribution >= 4 is 33.5 Å². The monoisotopic (exact) mass is 362 g/mol. The van der Waals surface area contributed by atoms with E-state index < -0.39 is 0 Å². The van der Waals surface area contributed by atoms with Gasteiger partial charge in [-0.15, -0.1) is 0 Å². The molecule has 0 aliphatic rings. The van der Waals surface area contributed by atoms with Crippen LogP contribution in [0.3, 0.4) is 0 Å². The fourth-order valence-electron chi connectivity index (χ4n) is 1.87. The Morgan fingerprint density at radius 2 is 2.00 bits per heavy atom. The van der Waals surface area contributed by atoms with E-state index in [0.717, 1.165) is 5.56 Å². The van der Waals surface area contributed by atoms with Crippen molar-refractivity contribution in [2.24, 2.45) is 0 Å². The number of carbonyl (C=O) groups is 2. The van der Waals surface area contributed by atoms with Gasteiger partial charge in [0.15, 0.2) is 0 Å². The molecular weight excluding hydrogens is 348 g/mol. The highest BCUT2D eigenvalue weighted by Gasteiger charge is 2.09. The molecule has 0 radical (unpaired) electrons. The minimum absolute atomic E-state index is 0.173. The van der Waals surface area contributed by atoms with Gasteiger partial charge in [-0.25, -0.2) is 4.98 Å². The van der Waals surface area contributed by atoms with Crippen LogP contribution in [0, 0.1) is 0 Å². The largest absolute Gasteiger partial charge is 0.466 e. The zero-order valence-corrected chi connectivity index (χ0v) is 13.6. The van der Waals surface area contributed by atoms with Crippen LogP contribution in [0.25, 0.3) is 0 Å². The van der Waals surface area contributed by atoms with Crippen LogP contribution >= 0.6 is 15.9 Å². The van der Waals surface area contributed by atoms with E-state index in [1.54, 1.807) is 43.3 Å². The van der Waals surface area contributed by atoms with E-state index in [4.69, 9.17) is 4.74 Å². The summed E-state index contributed by atoms with van der Waals surface area (Å²) >= 11 is 3.23. The maximum absolute atomic E-state index is 12.1. The van der Waals surface area contributed by atoms with E-state index in [-0.39, 0.29) is 18.3 Å². The molecule has 22 heavy (non-hydrogen) atoms. The number of aromatic nitrogens is 1. The lowest BCUT2D eigenvalue weighted by Gasteiger charge is -2.07. The summed E-state index contributed by atoms with van der Waals surface area (Å²) in [6.45, 7) is 2.11. The number of esters is 1. The van der Waals surface area contributed by atoms with E-state index >= 15 is 0 Å². The van der Waals surface area contributed by atoms with Crippen molar-refractivity contribution in [1.82, 2.24) is 4.98 Å². The zero-order chi connectivity index (χ0) is 15.9. The van der Waals surface area contributed by atoms with Gasteiger partial charge in [0, 0.05) is 5.69 Å². The van der Waals surface area contributed by atoms with Crippen LogP contribution in [0.5, 0.6) is 0 Å². The summed E-state index contributed by atoms with van der Waals surface area (Å²) in [4.78, 5) is 27.7. The van der Waals surface area contributed by atoms with Crippen molar-refractivity contribution < 1.29 is 14.3 Å². The molecule has 1 aromatic heterocycles. The summed E-state index contributed by atoms with van der Waals surface area (Å²) in [5, 5.41) is 2.76. The average molecular weight is 363 g/mol. The Balaban J connectivity index is 2.07. The zero-order valence-electron chi connectivity index (χ0n) is 12.0. The van der Waals surface area contributed by atoms with Gasteiger partial charge in [0.05, 0.1) is 13.0 Å². The minimum atomic E-state index is -0.311. The lowest BCUT2D eigenvalue weighted by molar-refractivity contribution is -0.142. The Morgan fingerprint density at radius 3 is 2.73 bits per heavy atom. The summed E-state index contributed by atoms with van der Waals surface area (Å²) < 4.78 is 5.50. The molecule has 2 rings (SSSR count). The normalized spacial score (nSPS) is 10.1. The number of carbonyl (C=O) groups excluding carboxylic acids is 2. The van der Waals surface area contributed by atoms with Crippen molar-refractivity contribution in [2.75, 3.05) is 11.9 Å². The smallest absolute Gasteiger partial charge is 0.310 e. The second-order valence-corrected chi connectivity index (χ2v) is 5.29. The minimum Gasteiger partial charge on any atom is -0.466 e. The molecule has 1 N–H and O–H groups in total. The number of halogens is 1. The second-order valence-electron chi connectivity index (χ2n) is 4.48. The van der Waals surface area contributed by atoms with E-state index in [9.17, 15) is 9.59 Å². The van der Waals surface area contributed by atoms with Gasteiger partial charge < -0.3 is 10.1 Å². The number of pyridine rings is 1. The van der Waals surface area contributed by atoms with Crippen molar-refractivity contribution in [3.63, 3.8) is 0 Å². The summed E-state index contributed by atoms with van der Waals surface area (Å²) in [5.41, 5.74) is 1.69. The molecule has 0 aliphatic carbocycles. The first-order chi connectivity index (χ1) is 10.6. The average Bonchev–Trinajstić information content (AvgIpc) is 2.47. The Morgan fingerprint density at radius 1 is 1.23 bits per heavy atom. The molecule has 6 heteroatoms. The van der Waals surface area contributed by atoms with Crippen molar-refractivity contribution in [2.45, 2.75) is 13.3 Å². The lowest BCUT2D eigenvalue weighted by Crippen LogP contribution is -2.14. The third-order valence-electron chi connectivity index (χ3n) is 2.79. The number of nitrogens with one attached hydrogen (secondary N) is 1. The molecule has 114 valence electrons. The summed E-state index contributed by atoms with van der Waals surface area (Å²) in [6.07, 6.45) is 0.173. The molecule has 0 unspecified atom stereocenters. The Labute approximate surface area is 136 Å². The number of anilines is 1. The number of ether oxygens (including phenoxy) is 1. The third kappa shape index (κ3) is 4.66. The molecule has 5 nitrogen and oxygen atoms in total. The Hall–Kier alpha value is -2.21. The SMILES string of the molecule is CCOC(=O)Cc1cccc(NC(=O)c2cccc(Br)n2)c1. The number of hydrogen-bond donors (Lipinski definition) is 1. The fraction of sp³-hybridized carbons (Fsp3) is 0.188. The molecule has 1 heterocycles. The summed E-state index contributed by atoms with van der Waals surface area (Å²) in [5.74, 6) is -0.603. The van der Waals surface area contributed by atoms with Crippen LogP contribution in [0.2, 0.25) is 0 Å². The van der Waals surface area contributed by atoms with Crippen LogP contribution in [0.4, 0.5) is 5.69 Å². The molecule has 0 bridgehead atoms. The van der Waals surface area contributed by atoms with Crippen LogP contribution in [0.1, 0.15) is 23.0 Å². The third-order valence-corrected chi connectivity index (χ3v) is 3.23. The van der Waals surface area contributed by atoms with Crippen molar-refractivity contribution in [3.8, 4) is 0 Å². The Bertz CT molecular complexity index is 689. The molecule has 0 fully saturated rings. The quantitative estimate of drug-likeness (QED) is 0.654. The van der Waals surface area contributed by atoms with Gasteiger partial charge >= 0.3 is 5.97 Å². The lowest BCUT2D eigenvalue weighted by atomic mass is 10.1. The van der Waals surface area contributed by atoms with Crippen molar-refractivity contribution in [1.29, 1.82) is 0 Å². The maximum atomic E-state index is 12.1. The van der Waals surface area contributed by atoms with Crippen LogP contribution in [-0.4, -0.2) is 23.5 Å². The van der Waals surface area contributed by atoms with Gasteiger partial charge in [-0.1, -0.05) is 18.2 Å². The number of amides is 1. The van der Waals surface area contributed by atoms with Gasteiger partial charge in [0.2, 0.25) is 0 Å². The second kappa shape index (κ2) is 7.70. The molecule has 0 spiro atoms. The standard InChI is InChI=1S/C16H15BrN2O3/c1-2-22-15(20)10-11-5-3-6-12(9-11)18-16(21)13-7-4-8-14(17)19-13/h3-9H,2,10H2,1H3,(H,18,21). The van der Waals surface area contributed by atoms with Gasteiger partial charge in [0.25, 0.3) is 5.91 Å². The fourth-order valence-corrected chi connectivity index (χ4v) is 2.21. The van der Waals surface area contributed by atoms with Gasteiger partial charge in [-0.3, -0.25) is 9.59 Å². The number of benzene rings is 1. The number of hydrogen-bond acceptors (Lipinski definition) is 4. The first kappa shape index (κ1) is 16.2. The summed E-state index contributed by atoms with van der Waals surface area (Å²) in [7, 11) is 0. The molecule has 0 aliphatic heterocycles. The summed E-state index contributed by atoms with van der Waals surface area (Å²) in [6, 6.07) is 12.2. The number of rotatable bonds is 5. The molecular formula is C16H15BrN2O3. The van der Waals surface area contributed by atoms with Crippen LogP contribution in [0.15, 0.2) is 47.1 Å². The van der Waals surface area contributed by atoms with Crippen LogP contribution in [-0.2, 0) is 16.0 Å².